The van der Waals surface area contributed by atoms with Gasteiger partial charge in [0.1, 0.15) is 18.1 Å². The lowest BCUT2D eigenvalue weighted by Gasteiger charge is -2.12. The summed E-state index contributed by atoms with van der Waals surface area (Å²) in [6, 6.07) is 5.57. The van der Waals surface area contributed by atoms with E-state index in [0.717, 1.165) is 22.7 Å². The van der Waals surface area contributed by atoms with Gasteiger partial charge in [0.2, 0.25) is 0 Å². The van der Waals surface area contributed by atoms with Crippen molar-refractivity contribution >= 4 is 11.6 Å². The van der Waals surface area contributed by atoms with Crippen molar-refractivity contribution in [1.29, 1.82) is 0 Å². The van der Waals surface area contributed by atoms with Gasteiger partial charge in [-0.25, -0.2) is 0 Å². The third kappa shape index (κ3) is 2.89. The summed E-state index contributed by atoms with van der Waals surface area (Å²) in [6.45, 7) is 2.59. The molecule has 0 saturated heterocycles. The number of aryl methyl sites for hydroxylation is 2. The Kier molecular flexibility index (Phi) is 4.52. The second-order valence-electron chi connectivity index (χ2n) is 4.44. The Morgan fingerprint density at radius 2 is 2.15 bits per heavy atom. The molecule has 0 bridgehead atoms. The third-order valence-electron chi connectivity index (χ3n) is 3.12. The average molecular weight is 296 g/mol. The number of rotatable bonds is 5. The van der Waals surface area contributed by atoms with Crippen LogP contribution in [-0.2, 0) is 20.2 Å². The van der Waals surface area contributed by atoms with Crippen LogP contribution in [-0.4, -0.2) is 16.9 Å². The maximum absolute atomic E-state index is 6.20. The summed E-state index contributed by atoms with van der Waals surface area (Å²) in [5, 5.41) is 4.88. The summed E-state index contributed by atoms with van der Waals surface area (Å²) in [4.78, 5) is 0. The predicted octanol–water partition coefficient (Wildman–Crippen LogP) is 2.43. The molecule has 0 aliphatic rings. The monoisotopic (exact) mass is 295 g/mol. The van der Waals surface area contributed by atoms with E-state index in [1.165, 1.54) is 0 Å². The van der Waals surface area contributed by atoms with E-state index in [1.807, 2.05) is 32.2 Å². The van der Waals surface area contributed by atoms with Gasteiger partial charge in [-0.3, -0.25) is 4.68 Å². The fraction of sp³-hybridized carbons (Fsp3) is 0.357. The molecule has 108 valence electrons. The molecule has 0 aliphatic carbocycles. The Labute approximate surface area is 123 Å². The number of hydrogen-bond donors (Lipinski definition) is 1. The van der Waals surface area contributed by atoms with Crippen LogP contribution >= 0.6 is 11.6 Å². The zero-order valence-electron chi connectivity index (χ0n) is 11.8. The summed E-state index contributed by atoms with van der Waals surface area (Å²) < 4.78 is 12.7. The standard InChI is InChI=1S/C14H18ClN3O2/c1-9-14(15)12(18(2)17-9)8-20-13-6-11(19-3)5-4-10(13)7-16/h4-6H,7-8,16H2,1-3H3. The van der Waals surface area contributed by atoms with Crippen LogP contribution in [0.5, 0.6) is 11.5 Å². The highest BCUT2D eigenvalue weighted by Gasteiger charge is 2.13. The molecule has 0 amide bonds. The fourth-order valence-electron chi connectivity index (χ4n) is 1.95. The number of ether oxygens (including phenoxy) is 2. The minimum Gasteiger partial charge on any atom is -0.497 e. The molecule has 0 fully saturated rings. The summed E-state index contributed by atoms with van der Waals surface area (Å²) in [6.07, 6.45) is 0. The first kappa shape index (κ1) is 14.7. The van der Waals surface area contributed by atoms with Crippen LogP contribution in [0.25, 0.3) is 0 Å². The second-order valence-corrected chi connectivity index (χ2v) is 4.81. The molecule has 20 heavy (non-hydrogen) atoms. The number of aromatic nitrogens is 2. The van der Waals surface area contributed by atoms with Crippen molar-refractivity contribution in [2.75, 3.05) is 7.11 Å². The first-order chi connectivity index (χ1) is 9.56. The van der Waals surface area contributed by atoms with Gasteiger partial charge in [0.05, 0.1) is 23.5 Å². The maximum Gasteiger partial charge on any atom is 0.131 e. The van der Waals surface area contributed by atoms with Crippen molar-refractivity contribution < 1.29 is 9.47 Å². The molecule has 1 heterocycles. The van der Waals surface area contributed by atoms with Crippen molar-refractivity contribution in [2.24, 2.45) is 12.8 Å². The van der Waals surface area contributed by atoms with Crippen molar-refractivity contribution in [1.82, 2.24) is 9.78 Å². The lowest BCUT2D eigenvalue weighted by molar-refractivity contribution is 0.290. The number of nitrogens with zero attached hydrogens (tertiary/aromatic N) is 2. The zero-order chi connectivity index (χ0) is 14.7. The van der Waals surface area contributed by atoms with Crippen molar-refractivity contribution in [3.05, 3.63) is 40.2 Å². The van der Waals surface area contributed by atoms with Crippen molar-refractivity contribution in [3.8, 4) is 11.5 Å². The van der Waals surface area contributed by atoms with Gasteiger partial charge in [-0.2, -0.15) is 5.10 Å². The zero-order valence-corrected chi connectivity index (χ0v) is 12.6. The molecule has 2 rings (SSSR count). The van der Waals surface area contributed by atoms with Crippen molar-refractivity contribution in [2.45, 2.75) is 20.1 Å². The van der Waals surface area contributed by atoms with E-state index < -0.39 is 0 Å². The molecular formula is C14H18ClN3O2. The number of halogens is 1. The van der Waals surface area contributed by atoms with E-state index in [4.69, 9.17) is 26.8 Å². The van der Waals surface area contributed by atoms with E-state index in [-0.39, 0.29) is 0 Å². The number of nitrogens with two attached hydrogens (primary N) is 1. The Morgan fingerprint density at radius 3 is 2.70 bits per heavy atom. The van der Waals surface area contributed by atoms with Crippen LogP contribution in [0.2, 0.25) is 5.02 Å². The molecule has 0 saturated carbocycles. The maximum atomic E-state index is 6.20. The van der Waals surface area contributed by atoms with Crippen LogP contribution in [0.3, 0.4) is 0 Å². The first-order valence-corrected chi connectivity index (χ1v) is 6.62. The molecule has 2 aromatic rings. The topological polar surface area (TPSA) is 62.3 Å². The molecular weight excluding hydrogens is 278 g/mol. The van der Waals surface area contributed by atoms with Crippen molar-refractivity contribution in [3.63, 3.8) is 0 Å². The van der Waals surface area contributed by atoms with E-state index in [9.17, 15) is 0 Å². The first-order valence-electron chi connectivity index (χ1n) is 6.24. The molecule has 6 heteroatoms. The van der Waals surface area contributed by atoms with Crippen LogP contribution in [0.1, 0.15) is 17.0 Å². The Bertz CT molecular complexity index is 611. The van der Waals surface area contributed by atoms with Crippen LogP contribution in [0, 0.1) is 6.92 Å². The second kappa shape index (κ2) is 6.15. The van der Waals surface area contributed by atoms with E-state index >= 15 is 0 Å². The van der Waals surface area contributed by atoms with Crippen LogP contribution in [0.4, 0.5) is 0 Å². The van der Waals surface area contributed by atoms with Crippen LogP contribution in [0.15, 0.2) is 18.2 Å². The van der Waals surface area contributed by atoms with Gasteiger partial charge < -0.3 is 15.2 Å². The lowest BCUT2D eigenvalue weighted by atomic mass is 10.2. The van der Waals surface area contributed by atoms with E-state index in [1.54, 1.807) is 11.8 Å². The van der Waals surface area contributed by atoms with Gasteiger partial charge in [0, 0.05) is 25.2 Å². The molecule has 5 nitrogen and oxygen atoms in total. The fourth-order valence-corrected chi connectivity index (χ4v) is 2.16. The number of benzene rings is 1. The highest BCUT2D eigenvalue weighted by molar-refractivity contribution is 6.31. The molecule has 0 radical (unpaired) electrons. The summed E-state index contributed by atoms with van der Waals surface area (Å²) >= 11 is 6.20. The molecule has 1 aromatic carbocycles. The molecule has 1 aromatic heterocycles. The largest absolute Gasteiger partial charge is 0.497 e. The van der Waals surface area contributed by atoms with Gasteiger partial charge in [0.25, 0.3) is 0 Å². The molecule has 0 unspecified atom stereocenters. The minimum absolute atomic E-state index is 0.330. The molecule has 0 spiro atoms. The van der Waals surface area contributed by atoms with Gasteiger partial charge in [-0.05, 0) is 13.0 Å². The molecule has 0 aliphatic heterocycles. The highest BCUT2D eigenvalue weighted by atomic mass is 35.5. The van der Waals surface area contributed by atoms with E-state index in [2.05, 4.69) is 5.10 Å². The quantitative estimate of drug-likeness (QED) is 0.920. The third-order valence-corrected chi connectivity index (χ3v) is 3.61. The number of hydrogen-bond acceptors (Lipinski definition) is 4. The summed E-state index contributed by atoms with van der Waals surface area (Å²) in [7, 11) is 3.45. The van der Waals surface area contributed by atoms with E-state index in [0.29, 0.717) is 23.9 Å². The Morgan fingerprint density at radius 1 is 1.40 bits per heavy atom. The Hall–Kier alpha value is -1.72. The van der Waals surface area contributed by atoms with Gasteiger partial charge in [-0.1, -0.05) is 17.7 Å². The van der Waals surface area contributed by atoms with Gasteiger partial charge >= 0.3 is 0 Å². The predicted molar refractivity (Wildman–Crippen MR) is 78.2 cm³/mol. The highest BCUT2D eigenvalue weighted by Crippen LogP contribution is 2.27. The lowest BCUT2D eigenvalue weighted by Crippen LogP contribution is -2.06. The van der Waals surface area contributed by atoms with Gasteiger partial charge in [-0.15, -0.1) is 0 Å². The normalized spacial score (nSPS) is 10.7. The van der Waals surface area contributed by atoms with Gasteiger partial charge in [0.15, 0.2) is 0 Å². The summed E-state index contributed by atoms with van der Waals surface area (Å²) in [5.74, 6) is 1.42. The number of methoxy groups -OCH3 is 1. The average Bonchev–Trinajstić information content (AvgIpc) is 2.70. The SMILES string of the molecule is COc1ccc(CN)c(OCc2c(Cl)c(C)nn2C)c1. The van der Waals surface area contributed by atoms with Crippen LogP contribution < -0.4 is 15.2 Å². The smallest absolute Gasteiger partial charge is 0.131 e. The molecule has 2 N–H and O–H groups in total. The Balaban J connectivity index is 2.21. The minimum atomic E-state index is 0.330. The summed E-state index contributed by atoms with van der Waals surface area (Å²) in [5.41, 5.74) is 8.25. The molecule has 0 atom stereocenters.